The molecule has 3 heterocycles. The van der Waals surface area contributed by atoms with Gasteiger partial charge in [-0.05, 0) is 85.8 Å². The molecule has 270 valence electrons. The summed E-state index contributed by atoms with van der Waals surface area (Å²) in [7, 11) is 0. The molecule has 0 spiro atoms. The molecule has 3 aliphatic rings. The van der Waals surface area contributed by atoms with E-state index in [4.69, 9.17) is 24.4 Å². The average Bonchev–Trinajstić information content (AvgIpc) is 3.68. The summed E-state index contributed by atoms with van der Waals surface area (Å²) >= 11 is 0. The second-order valence-corrected chi connectivity index (χ2v) is 15.1. The summed E-state index contributed by atoms with van der Waals surface area (Å²) in [4.78, 5) is 15.1. The molecule has 8 aromatic carbocycles. The molecule has 0 saturated heterocycles. The largest absolute Gasteiger partial charge is 0.458 e. The lowest BCUT2D eigenvalue weighted by Gasteiger charge is -2.33. The number of hydrogen-bond acceptors (Lipinski definition) is 5. The van der Waals surface area contributed by atoms with Gasteiger partial charge in [-0.2, -0.15) is 0 Å². The lowest BCUT2D eigenvalue weighted by molar-refractivity contribution is 0.465. The molecule has 2 aliphatic heterocycles. The number of hydrogen-bond donors (Lipinski definition) is 0. The van der Waals surface area contributed by atoms with Crippen LogP contribution in [-0.4, -0.2) is 21.7 Å². The Morgan fingerprint density at radius 2 is 0.810 bits per heavy atom. The van der Waals surface area contributed by atoms with E-state index in [0.717, 1.165) is 79.2 Å². The standard InChI is InChI=1S/C52H32BN3O2/c1-3-14-32(15-4-1)50-54-51(33-16-5-2-6-17-33)56-52(55-50)40-23-13-22-39-38-21-12-20-37(41(38)31-42(39)40)35-19-11-18-34(28-35)36-29-47-49-48(30-36)58-46-27-10-8-25-44(46)53(49)43-24-7-9-26-45(43)57-47/h1-30H,31H2. The fourth-order valence-corrected chi connectivity index (χ4v) is 9.07. The number of aromatic nitrogens is 3. The minimum atomic E-state index is 0.0473. The second kappa shape index (κ2) is 13.0. The van der Waals surface area contributed by atoms with Crippen molar-refractivity contribution in [3.8, 4) is 90.5 Å². The molecule has 1 aromatic heterocycles. The van der Waals surface area contributed by atoms with Crippen molar-refractivity contribution in [2.75, 3.05) is 0 Å². The van der Waals surface area contributed by atoms with E-state index >= 15 is 0 Å². The van der Waals surface area contributed by atoms with E-state index < -0.39 is 0 Å². The SMILES string of the molecule is c1ccc(-c2nc(-c3ccccc3)nc(-c3cccc4c3Cc3c(-c5cccc(-c6cc7c8c(c6)Oc6ccccc6B8c6ccccc6O7)c5)cccc3-4)n2)cc1. The van der Waals surface area contributed by atoms with Crippen LogP contribution in [-0.2, 0) is 6.42 Å². The van der Waals surface area contributed by atoms with Crippen molar-refractivity contribution in [1.82, 2.24) is 15.0 Å². The maximum Gasteiger partial charge on any atom is 0.260 e. The second-order valence-electron chi connectivity index (χ2n) is 15.1. The minimum absolute atomic E-state index is 0.0473. The first-order valence-corrected chi connectivity index (χ1v) is 19.7. The van der Waals surface area contributed by atoms with Gasteiger partial charge in [-0.15, -0.1) is 0 Å². The smallest absolute Gasteiger partial charge is 0.260 e. The van der Waals surface area contributed by atoms with Crippen molar-refractivity contribution in [2.45, 2.75) is 6.42 Å². The highest BCUT2D eigenvalue weighted by molar-refractivity contribution is 6.98. The van der Waals surface area contributed by atoms with Crippen molar-refractivity contribution in [2.24, 2.45) is 0 Å². The predicted molar refractivity (Wildman–Crippen MR) is 233 cm³/mol. The molecule has 9 aromatic rings. The van der Waals surface area contributed by atoms with Crippen LogP contribution in [0.1, 0.15) is 11.1 Å². The topological polar surface area (TPSA) is 57.1 Å². The third-order valence-electron chi connectivity index (χ3n) is 11.7. The highest BCUT2D eigenvalue weighted by atomic mass is 16.5. The van der Waals surface area contributed by atoms with Gasteiger partial charge in [0.15, 0.2) is 17.5 Å². The van der Waals surface area contributed by atoms with E-state index in [1.54, 1.807) is 0 Å². The third-order valence-corrected chi connectivity index (χ3v) is 11.7. The molecule has 0 fully saturated rings. The van der Waals surface area contributed by atoms with E-state index in [-0.39, 0.29) is 6.71 Å². The Kier molecular flexibility index (Phi) is 7.32. The number of rotatable bonds is 5. The van der Waals surface area contributed by atoms with E-state index in [1.807, 2.05) is 72.8 Å². The zero-order valence-electron chi connectivity index (χ0n) is 31.3. The summed E-state index contributed by atoms with van der Waals surface area (Å²) in [6.45, 7) is 0.0473. The minimum Gasteiger partial charge on any atom is -0.458 e. The molecule has 6 heteroatoms. The molecular weight excluding hydrogens is 709 g/mol. The first-order valence-electron chi connectivity index (χ1n) is 19.7. The molecule has 58 heavy (non-hydrogen) atoms. The Hall–Kier alpha value is -7.57. The van der Waals surface area contributed by atoms with Crippen molar-refractivity contribution >= 4 is 23.1 Å². The zero-order chi connectivity index (χ0) is 38.2. The lowest BCUT2D eigenvalue weighted by atomic mass is 9.35. The van der Waals surface area contributed by atoms with Crippen LogP contribution in [0, 0.1) is 0 Å². The van der Waals surface area contributed by atoms with Crippen LogP contribution < -0.4 is 25.9 Å². The molecule has 0 amide bonds. The molecule has 5 nitrogen and oxygen atoms in total. The summed E-state index contributed by atoms with van der Waals surface area (Å²) in [6, 6.07) is 63.4. The molecule has 0 unspecified atom stereocenters. The third kappa shape index (κ3) is 5.22. The van der Waals surface area contributed by atoms with Gasteiger partial charge in [0.05, 0.1) is 0 Å². The number of ether oxygens (including phenoxy) is 2. The van der Waals surface area contributed by atoms with E-state index in [0.29, 0.717) is 17.5 Å². The number of para-hydroxylation sites is 2. The van der Waals surface area contributed by atoms with Crippen LogP contribution in [0.5, 0.6) is 23.0 Å². The first kappa shape index (κ1) is 32.7. The highest BCUT2D eigenvalue weighted by Gasteiger charge is 2.40. The zero-order valence-corrected chi connectivity index (χ0v) is 31.3. The molecule has 0 saturated carbocycles. The highest BCUT2D eigenvalue weighted by Crippen LogP contribution is 2.46. The van der Waals surface area contributed by atoms with E-state index in [9.17, 15) is 0 Å². The first-order chi connectivity index (χ1) is 28.7. The molecule has 0 N–H and O–H groups in total. The maximum atomic E-state index is 6.63. The Labute approximate surface area is 336 Å². The number of fused-ring (bicyclic) bond motifs is 7. The average molecular weight is 742 g/mol. The van der Waals surface area contributed by atoms with E-state index in [2.05, 4.69) is 109 Å². The van der Waals surface area contributed by atoms with Gasteiger partial charge in [0, 0.05) is 28.6 Å². The quantitative estimate of drug-likeness (QED) is 0.164. The molecule has 1 aliphatic carbocycles. The van der Waals surface area contributed by atoms with Crippen molar-refractivity contribution in [3.63, 3.8) is 0 Å². The summed E-state index contributed by atoms with van der Waals surface area (Å²) < 4.78 is 13.3. The van der Waals surface area contributed by atoms with Crippen molar-refractivity contribution < 1.29 is 9.47 Å². The van der Waals surface area contributed by atoms with E-state index in [1.165, 1.54) is 27.8 Å². The number of nitrogens with zero attached hydrogens (tertiary/aromatic N) is 3. The van der Waals surface area contributed by atoms with Gasteiger partial charge in [0.2, 0.25) is 0 Å². The van der Waals surface area contributed by atoms with Crippen LogP contribution in [0.15, 0.2) is 182 Å². The van der Waals surface area contributed by atoms with Gasteiger partial charge in [-0.3, -0.25) is 0 Å². The summed E-state index contributed by atoms with van der Waals surface area (Å²) in [5, 5.41) is 0. The summed E-state index contributed by atoms with van der Waals surface area (Å²) in [6.07, 6.45) is 0.763. The Balaban J connectivity index is 0.939. The molecule has 0 radical (unpaired) electrons. The molecule has 12 rings (SSSR count). The Bertz CT molecular complexity index is 2980. The van der Waals surface area contributed by atoms with Crippen LogP contribution in [0.4, 0.5) is 0 Å². The van der Waals surface area contributed by atoms with Gasteiger partial charge in [0.1, 0.15) is 23.0 Å². The van der Waals surface area contributed by atoms with Crippen molar-refractivity contribution in [1.29, 1.82) is 0 Å². The Morgan fingerprint density at radius 1 is 0.345 bits per heavy atom. The normalized spacial score (nSPS) is 12.7. The predicted octanol–water partition coefficient (Wildman–Crippen LogP) is 10.5. The lowest BCUT2D eigenvalue weighted by Crippen LogP contribution is -2.57. The van der Waals surface area contributed by atoms with Crippen LogP contribution >= 0.6 is 0 Å². The Morgan fingerprint density at radius 3 is 1.43 bits per heavy atom. The molecule has 0 atom stereocenters. The van der Waals surface area contributed by atoms with Crippen LogP contribution in [0.3, 0.4) is 0 Å². The fraction of sp³-hybridized carbons (Fsp3) is 0.0192. The van der Waals surface area contributed by atoms with Gasteiger partial charge in [-0.1, -0.05) is 152 Å². The van der Waals surface area contributed by atoms with Crippen LogP contribution in [0.25, 0.3) is 67.5 Å². The van der Waals surface area contributed by atoms with Gasteiger partial charge >= 0.3 is 0 Å². The molecular formula is C52H32BN3O2. The summed E-state index contributed by atoms with van der Waals surface area (Å²) in [5.41, 5.74) is 15.8. The summed E-state index contributed by atoms with van der Waals surface area (Å²) in [5.74, 6) is 5.44. The fourth-order valence-electron chi connectivity index (χ4n) is 9.07. The van der Waals surface area contributed by atoms with Gasteiger partial charge < -0.3 is 9.47 Å². The molecule has 0 bridgehead atoms. The number of benzene rings is 8. The maximum absolute atomic E-state index is 6.63. The van der Waals surface area contributed by atoms with Gasteiger partial charge in [-0.25, -0.2) is 15.0 Å². The monoisotopic (exact) mass is 741 g/mol. The van der Waals surface area contributed by atoms with Gasteiger partial charge in [0.25, 0.3) is 6.71 Å². The van der Waals surface area contributed by atoms with Crippen molar-refractivity contribution in [3.05, 3.63) is 193 Å². The van der Waals surface area contributed by atoms with Crippen LogP contribution in [0.2, 0.25) is 0 Å².